The Labute approximate surface area is 77.6 Å². The van der Waals surface area contributed by atoms with Gasteiger partial charge in [-0.05, 0) is 33.5 Å². The molecule has 0 saturated heterocycles. The van der Waals surface area contributed by atoms with Gasteiger partial charge in [-0.15, -0.1) is 0 Å². The minimum Gasteiger partial charge on any atom is -0.519 e. The van der Waals surface area contributed by atoms with Crippen molar-refractivity contribution in [2.45, 2.75) is 37.8 Å². The molecule has 0 bridgehead atoms. The summed E-state index contributed by atoms with van der Waals surface area (Å²) in [5, 5.41) is 0. The molecule has 0 spiro atoms. The molecule has 0 fully saturated rings. The lowest BCUT2D eigenvalue weighted by Crippen LogP contribution is -2.37. The van der Waals surface area contributed by atoms with E-state index in [1.807, 2.05) is 19.6 Å². The second kappa shape index (κ2) is 3.27. The number of hydrogen-bond acceptors (Lipinski definition) is 2. The van der Waals surface area contributed by atoms with Gasteiger partial charge in [0.25, 0.3) is 0 Å². The molecule has 0 radical (unpaired) electrons. The van der Waals surface area contributed by atoms with Crippen LogP contribution < -0.4 is 0 Å². The minimum atomic E-state index is -1.71. The molecule has 0 aromatic rings. The van der Waals surface area contributed by atoms with Crippen LogP contribution in [0.3, 0.4) is 0 Å². The summed E-state index contributed by atoms with van der Waals surface area (Å²) in [6.07, 6.45) is 0. The van der Waals surface area contributed by atoms with E-state index in [0.29, 0.717) is 0 Å². The highest BCUT2D eigenvalue weighted by Gasteiger charge is 2.30. The average molecular weight is 239 g/mol. The van der Waals surface area contributed by atoms with Crippen molar-refractivity contribution in [3.8, 4) is 0 Å². The molecular weight excluding hydrogens is 224 g/mol. The molecule has 0 saturated carbocycles. The molecule has 0 N–H and O–H groups in total. The molecule has 11 heavy (non-hydrogen) atoms. The number of alkyl halides is 1. The molecule has 0 aliphatic rings. The Morgan fingerprint density at radius 2 is 1.73 bits per heavy atom. The smallest absolute Gasteiger partial charge is 0.308 e. The molecule has 0 aliphatic carbocycles. The van der Waals surface area contributed by atoms with Crippen molar-refractivity contribution >= 4 is 30.2 Å². The van der Waals surface area contributed by atoms with E-state index in [1.165, 1.54) is 0 Å². The Kier molecular flexibility index (Phi) is 3.32. The molecule has 66 valence electrons. The van der Waals surface area contributed by atoms with E-state index in [1.54, 1.807) is 13.8 Å². The maximum absolute atomic E-state index is 11.2. The van der Waals surface area contributed by atoms with Crippen LogP contribution in [0.15, 0.2) is 0 Å². The maximum atomic E-state index is 11.2. The monoisotopic (exact) mass is 238 g/mol. The number of carbonyl (C=O) groups excluding carboxylic acids is 1. The molecule has 0 aliphatic heterocycles. The second-order valence-corrected chi connectivity index (χ2v) is 10.4. The summed E-state index contributed by atoms with van der Waals surface area (Å²) in [4.78, 5) is 11.2. The van der Waals surface area contributed by atoms with E-state index < -0.39 is 12.6 Å². The first-order valence-corrected chi connectivity index (χ1v) is 7.75. The van der Waals surface area contributed by atoms with Gasteiger partial charge in [0.05, 0.1) is 0 Å². The van der Waals surface area contributed by atoms with Gasteiger partial charge in [-0.2, -0.15) is 0 Å². The fraction of sp³-hybridized carbons (Fsp3) is 0.857. The summed E-state index contributed by atoms with van der Waals surface area (Å²) in [5.74, 6) is -0.170. The van der Waals surface area contributed by atoms with Gasteiger partial charge in [0.2, 0.25) is 8.32 Å². The van der Waals surface area contributed by atoms with E-state index in [2.05, 4.69) is 15.9 Å². The molecule has 0 rings (SSSR count). The predicted molar refractivity (Wildman–Crippen MR) is 52.4 cm³/mol. The van der Waals surface area contributed by atoms with Gasteiger partial charge in [0.15, 0.2) is 0 Å². The van der Waals surface area contributed by atoms with E-state index in [4.69, 9.17) is 4.43 Å². The summed E-state index contributed by atoms with van der Waals surface area (Å²) in [5.41, 5.74) is 0. The standard InChI is InChI=1S/C7H15BrO2Si/c1-7(2,8)6(9)10-11(3,4)5/h1-5H3. The first-order valence-electron chi connectivity index (χ1n) is 3.55. The Bertz CT molecular complexity index is 155. The maximum Gasteiger partial charge on any atom is 0.308 e. The van der Waals surface area contributed by atoms with Crippen LogP contribution in [-0.4, -0.2) is 18.6 Å². The van der Waals surface area contributed by atoms with Crippen molar-refractivity contribution in [2.75, 3.05) is 0 Å². The lowest BCUT2D eigenvalue weighted by atomic mass is 10.2. The Morgan fingerprint density at radius 3 is 1.82 bits per heavy atom. The van der Waals surface area contributed by atoms with E-state index >= 15 is 0 Å². The lowest BCUT2D eigenvalue weighted by molar-refractivity contribution is -0.136. The number of carbonyl (C=O) groups is 1. The number of hydrogen-bond donors (Lipinski definition) is 0. The number of halogens is 1. The van der Waals surface area contributed by atoms with Crippen molar-refractivity contribution in [1.29, 1.82) is 0 Å². The molecule has 0 amide bonds. The first kappa shape index (κ1) is 11.2. The van der Waals surface area contributed by atoms with Gasteiger partial charge in [0, 0.05) is 0 Å². The molecule has 0 heterocycles. The lowest BCUT2D eigenvalue weighted by Gasteiger charge is -2.23. The highest BCUT2D eigenvalue weighted by atomic mass is 79.9. The van der Waals surface area contributed by atoms with E-state index in [-0.39, 0.29) is 5.97 Å². The van der Waals surface area contributed by atoms with Gasteiger partial charge >= 0.3 is 5.97 Å². The average Bonchev–Trinajstić information content (AvgIpc) is 1.56. The Hall–Kier alpha value is 0.167. The van der Waals surface area contributed by atoms with Gasteiger partial charge in [0.1, 0.15) is 4.32 Å². The van der Waals surface area contributed by atoms with E-state index in [9.17, 15) is 4.79 Å². The summed E-state index contributed by atoms with van der Waals surface area (Å²) in [7, 11) is -1.71. The van der Waals surface area contributed by atoms with Crippen molar-refractivity contribution < 1.29 is 9.22 Å². The fourth-order valence-electron chi connectivity index (χ4n) is 0.399. The third-order valence-electron chi connectivity index (χ3n) is 0.884. The van der Waals surface area contributed by atoms with Crippen LogP contribution in [0.1, 0.15) is 13.8 Å². The van der Waals surface area contributed by atoms with Gasteiger partial charge in [-0.25, -0.2) is 0 Å². The second-order valence-electron chi connectivity index (χ2n) is 3.97. The van der Waals surface area contributed by atoms with Crippen molar-refractivity contribution in [2.24, 2.45) is 0 Å². The Balaban J connectivity index is 4.11. The highest BCUT2D eigenvalue weighted by molar-refractivity contribution is 9.10. The SMILES string of the molecule is CC(C)(Br)C(=O)O[Si](C)(C)C. The zero-order chi connectivity index (χ0) is 9.28. The van der Waals surface area contributed by atoms with E-state index in [0.717, 1.165) is 0 Å². The summed E-state index contributed by atoms with van der Waals surface area (Å²) < 4.78 is 4.71. The third-order valence-corrected chi connectivity index (χ3v) is 2.01. The van der Waals surface area contributed by atoms with Crippen molar-refractivity contribution in [3.05, 3.63) is 0 Å². The summed E-state index contributed by atoms with van der Waals surface area (Å²) >= 11 is 3.24. The molecule has 4 heteroatoms. The zero-order valence-corrected chi connectivity index (χ0v) is 10.3. The van der Waals surface area contributed by atoms with Crippen molar-refractivity contribution in [1.82, 2.24) is 0 Å². The quantitative estimate of drug-likeness (QED) is 0.546. The normalized spacial score (nSPS) is 12.9. The minimum absolute atomic E-state index is 0.170. The van der Waals surface area contributed by atoms with Crippen LogP contribution in [0.5, 0.6) is 0 Å². The van der Waals surface area contributed by atoms with Crippen LogP contribution >= 0.6 is 15.9 Å². The topological polar surface area (TPSA) is 26.3 Å². The van der Waals surface area contributed by atoms with Crippen LogP contribution in [0.25, 0.3) is 0 Å². The van der Waals surface area contributed by atoms with Crippen LogP contribution in [0.4, 0.5) is 0 Å². The molecule has 0 aromatic carbocycles. The molecular formula is C7H15BrO2Si. The summed E-state index contributed by atoms with van der Waals surface area (Å²) in [6, 6.07) is 0. The van der Waals surface area contributed by atoms with Gasteiger partial charge < -0.3 is 4.43 Å². The Morgan fingerprint density at radius 1 is 1.36 bits per heavy atom. The van der Waals surface area contributed by atoms with Crippen molar-refractivity contribution in [3.63, 3.8) is 0 Å². The van der Waals surface area contributed by atoms with Crippen LogP contribution in [0, 0.1) is 0 Å². The third kappa shape index (κ3) is 5.44. The molecule has 0 aromatic heterocycles. The largest absolute Gasteiger partial charge is 0.519 e. The predicted octanol–water partition coefficient (Wildman–Crippen LogP) is 2.54. The highest BCUT2D eigenvalue weighted by Crippen LogP contribution is 2.19. The first-order chi connectivity index (χ1) is 4.63. The van der Waals surface area contributed by atoms with Gasteiger partial charge in [-0.3, -0.25) is 4.79 Å². The number of rotatable bonds is 2. The summed E-state index contributed by atoms with van der Waals surface area (Å²) in [6.45, 7) is 9.54. The van der Waals surface area contributed by atoms with Crippen LogP contribution in [-0.2, 0) is 9.22 Å². The molecule has 2 nitrogen and oxygen atoms in total. The fourth-order valence-corrected chi connectivity index (χ4v) is 1.44. The zero-order valence-electron chi connectivity index (χ0n) is 7.69. The van der Waals surface area contributed by atoms with Crippen LogP contribution in [0.2, 0.25) is 19.6 Å². The van der Waals surface area contributed by atoms with Gasteiger partial charge in [-0.1, -0.05) is 15.9 Å². The molecule has 0 atom stereocenters. The molecule has 0 unspecified atom stereocenters.